The summed E-state index contributed by atoms with van der Waals surface area (Å²) in [6, 6.07) is 0. The highest BCUT2D eigenvalue weighted by Gasteiger charge is 2.22. The quantitative estimate of drug-likeness (QED) is 0.357. The lowest BCUT2D eigenvalue weighted by atomic mass is 10.5. The number of ether oxygens (including phenoxy) is 1. The molecule has 1 aliphatic rings. The van der Waals surface area contributed by atoms with Gasteiger partial charge in [-0.1, -0.05) is 6.08 Å². The fourth-order valence-corrected chi connectivity index (χ4v) is 0.559. The summed E-state index contributed by atoms with van der Waals surface area (Å²) in [5, 5.41) is 0. The first kappa shape index (κ1) is 10.8. The molecule has 4 nitrogen and oxygen atoms in total. The van der Waals surface area contributed by atoms with Gasteiger partial charge in [-0.3, -0.25) is 4.18 Å². The molecule has 1 saturated heterocycles. The van der Waals surface area contributed by atoms with E-state index >= 15 is 0 Å². The average molecular weight is 179 g/mol. The molecule has 0 amide bonds. The fourth-order valence-electron chi connectivity index (χ4n) is 0.296. The lowest BCUT2D eigenvalue weighted by Gasteiger charge is -2.01. The third kappa shape index (κ3) is 9.77. The molecule has 1 rings (SSSR count). The van der Waals surface area contributed by atoms with Crippen LogP contribution in [0.5, 0.6) is 0 Å². The van der Waals surface area contributed by atoms with Crippen LogP contribution in [-0.2, 0) is 20.3 Å². The molecular weight excluding hydrogens is 168 g/mol. The second-order valence-electron chi connectivity index (χ2n) is 1.85. The SMILES string of the molecule is C=CC.O=S([O-])OCC1CO1. The molecule has 0 bridgehead atoms. The Morgan fingerprint density at radius 3 is 2.73 bits per heavy atom. The summed E-state index contributed by atoms with van der Waals surface area (Å²) in [5.74, 6) is 0. The summed E-state index contributed by atoms with van der Waals surface area (Å²) in [6.45, 7) is 6.04. The topological polar surface area (TPSA) is 61.9 Å². The molecule has 66 valence electrons. The highest BCUT2D eigenvalue weighted by atomic mass is 32.2. The van der Waals surface area contributed by atoms with Crippen molar-refractivity contribution in [2.24, 2.45) is 0 Å². The maximum Gasteiger partial charge on any atom is 0.106 e. The van der Waals surface area contributed by atoms with E-state index in [1.807, 2.05) is 6.92 Å². The van der Waals surface area contributed by atoms with Crippen molar-refractivity contribution in [2.75, 3.05) is 13.2 Å². The lowest BCUT2D eigenvalue weighted by molar-refractivity contribution is 0.257. The maximum absolute atomic E-state index is 9.65. The summed E-state index contributed by atoms with van der Waals surface area (Å²) < 4.78 is 28.1. The van der Waals surface area contributed by atoms with E-state index in [9.17, 15) is 8.76 Å². The van der Waals surface area contributed by atoms with Gasteiger partial charge in [0.1, 0.15) is 6.10 Å². The van der Waals surface area contributed by atoms with Crippen LogP contribution in [0, 0.1) is 0 Å². The third-order valence-corrected chi connectivity index (χ3v) is 1.08. The lowest BCUT2D eigenvalue weighted by Crippen LogP contribution is -2.02. The van der Waals surface area contributed by atoms with Gasteiger partial charge in [0.2, 0.25) is 0 Å². The summed E-state index contributed by atoms with van der Waals surface area (Å²) >= 11 is -2.38. The molecule has 0 saturated carbocycles. The number of allylic oxidation sites excluding steroid dienone is 1. The number of rotatable bonds is 3. The van der Waals surface area contributed by atoms with Crippen LogP contribution in [0.15, 0.2) is 12.7 Å². The minimum Gasteiger partial charge on any atom is -0.750 e. The standard InChI is InChI=1S/C3H6O4S.C3H6/c4-8(5)7-2-3-1-6-3;1-3-2/h3H,1-2H2,(H,4,5);3H,1H2,2H3/p-1. The van der Waals surface area contributed by atoms with Gasteiger partial charge in [0.25, 0.3) is 0 Å². The molecule has 0 aromatic carbocycles. The Morgan fingerprint density at radius 2 is 2.45 bits per heavy atom. The predicted molar refractivity (Wildman–Crippen MR) is 40.5 cm³/mol. The Hall–Kier alpha value is -0.230. The zero-order valence-corrected chi connectivity index (χ0v) is 7.13. The summed E-state index contributed by atoms with van der Waals surface area (Å²) in [5.41, 5.74) is 0. The van der Waals surface area contributed by atoms with E-state index in [1.54, 1.807) is 6.08 Å². The van der Waals surface area contributed by atoms with Gasteiger partial charge >= 0.3 is 0 Å². The van der Waals surface area contributed by atoms with Crippen LogP contribution >= 0.6 is 0 Å². The minimum absolute atomic E-state index is 0.0212. The first-order valence-corrected chi connectivity index (χ1v) is 4.12. The Labute approximate surface area is 68.7 Å². The van der Waals surface area contributed by atoms with Crippen molar-refractivity contribution in [3.05, 3.63) is 12.7 Å². The zero-order valence-electron chi connectivity index (χ0n) is 6.32. The van der Waals surface area contributed by atoms with Crippen LogP contribution in [-0.4, -0.2) is 28.1 Å². The first-order chi connectivity index (χ1) is 5.20. The molecule has 5 heteroatoms. The predicted octanol–water partition coefficient (Wildman–Crippen LogP) is 0.388. The van der Waals surface area contributed by atoms with Crippen LogP contribution in [0.2, 0.25) is 0 Å². The second-order valence-corrected chi connectivity index (χ2v) is 2.50. The molecule has 2 unspecified atom stereocenters. The van der Waals surface area contributed by atoms with Crippen molar-refractivity contribution in [1.29, 1.82) is 0 Å². The fraction of sp³-hybridized carbons (Fsp3) is 0.667. The molecular formula is C6H11O4S-. The van der Waals surface area contributed by atoms with Gasteiger partial charge in [-0.05, 0) is 6.92 Å². The molecule has 0 radical (unpaired) electrons. The first-order valence-electron chi connectivity index (χ1n) is 3.12. The van der Waals surface area contributed by atoms with Crippen molar-refractivity contribution in [3.63, 3.8) is 0 Å². The zero-order chi connectivity index (χ0) is 8.69. The van der Waals surface area contributed by atoms with E-state index in [2.05, 4.69) is 15.5 Å². The van der Waals surface area contributed by atoms with E-state index in [-0.39, 0.29) is 12.7 Å². The highest BCUT2D eigenvalue weighted by Crippen LogP contribution is 2.08. The third-order valence-electron chi connectivity index (χ3n) is 0.753. The van der Waals surface area contributed by atoms with Crippen LogP contribution < -0.4 is 0 Å². The van der Waals surface area contributed by atoms with Gasteiger partial charge in [-0.25, -0.2) is 4.21 Å². The van der Waals surface area contributed by atoms with Crippen LogP contribution in [0.1, 0.15) is 6.92 Å². The van der Waals surface area contributed by atoms with Gasteiger partial charge in [0.05, 0.1) is 24.6 Å². The molecule has 1 heterocycles. The van der Waals surface area contributed by atoms with Gasteiger partial charge < -0.3 is 9.29 Å². The largest absolute Gasteiger partial charge is 0.750 e. The normalized spacial score (nSPS) is 22.9. The van der Waals surface area contributed by atoms with Gasteiger partial charge in [-0.15, -0.1) is 6.58 Å². The summed E-state index contributed by atoms with van der Waals surface area (Å²) in [7, 11) is 0. The smallest absolute Gasteiger partial charge is 0.106 e. The molecule has 2 atom stereocenters. The number of hydrogen-bond donors (Lipinski definition) is 0. The molecule has 0 spiro atoms. The van der Waals surface area contributed by atoms with E-state index in [1.165, 1.54) is 0 Å². The van der Waals surface area contributed by atoms with E-state index in [0.29, 0.717) is 6.61 Å². The van der Waals surface area contributed by atoms with Crippen LogP contribution in [0.25, 0.3) is 0 Å². The van der Waals surface area contributed by atoms with E-state index < -0.39 is 11.4 Å². The van der Waals surface area contributed by atoms with Crippen molar-refractivity contribution in [2.45, 2.75) is 13.0 Å². The molecule has 11 heavy (non-hydrogen) atoms. The van der Waals surface area contributed by atoms with E-state index in [4.69, 9.17) is 0 Å². The molecule has 1 aliphatic heterocycles. The van der Waals surface area contributed by atoms with Crippen molar-refractivity contribution < 1.29 is 17.7 Å². The minimum atomic E-state index is -2.38. The maximum atomic E-state index is 9.65. The molecule has 0 aromatic rings. The Morgan fingerprint density at radius 1 is 2.00 bits per heavy atom. The van der Waals surface area contributed by atoms with Crippen LogP contribution in [0.3, 0.4) is 0 Å². The summed E-state index contributed by atoms with van der Waals surface area (Å²) in [6.07, 6.45) is 1.77. The van der Waals surface area contributed by atoms with E-state index in [0.717, 1.165) is 0 Å². The Balaban J connectivity index is 0.000000292. The Kier molecular flexibility index (Phi) is 6.34. The second kappa shape index (κ2) is 6.48. The summed E-state index contributed by atoms with van der Waals surface area (Å²) in [4.78, 5) is 0. The number of epoxide rings is 1. The van der Waals surface area contributed by atoms with Gasteiger partial charge in [0.15, 0.2) is 0 Å². The number of hydrogen-bond acceptors (Lipinski definition) is 4. The van der Waals surface area contributed by atoms with Gasteiger partial charge in [0, 0.05) is 0 Å². The molecule has 0 N–H and O–H groups in total. The van der Waals surface area contributed by atoms with Crippen LogP contribution in [0.4, 0.5) is 0 Å². The highest BCUT2D eigenvalue weighted by molar-refractivity contribution is 7.74. The average Bonchev–Trinajstić information content (AvgIpc) is 2.67. The Bertz CT molecular complexity index is 133. The molecule has 0 aromatic heterocycles. The molecule has 0 aliphatic carbocycles. The molecule has 1 fully saturated rings. The monoisotopic (exact) mass is 179 g/mol. The van der Waals surface area contributed by atoms with Crippen molar-refractivity contribution in [3.8, 4) is 0 Å². The van der Waals surface area contributed by atoms with Crippen molar-refractivity contribution in [1.82, 2.24) is 0 Å². The van der Waals surface area contributed by atoms with Gasteiger partial charge in [-0.2, -0.15) is 0 Å². The van der Waals surface area contributed by atoms with Crippen molar-refractivity contribution >= 4 is 11.4 Å².